The van der Waals surface area contributed by atoms with Gasteiger partial charge in [0.25, 0.3) is 0 Å². The number of likely N-dealkylation sites (tertiary alicyclic amines) is 1. The molecule has 1 aliphatic carbocycles. The molecule has 0 aromatic rings. The van der Waals surface area contributed by atoms with E-state index in [1.165, 1.54) is 19.3 Å². The van der Waals surface area contributed by atoms with Crippen molar-refractivity contribution in [3.63, 3.8) is 0 Å². The quantitative estimate of drug-likeness (QED) is 0.281. The van der Waals surface area contributed by atoms with Crippen molar-refractivity contribution in [3.05, 3.63) is 0 Å². The van der Waals surface area contributed by atoms with Crippen LogP contribution >= 0.6 is 24.0 Å². The monoisotopic (exact) mass is 507 g/mol. The lowest BCUT2D eigenvalue weighted by molar-refractivity contribution is -0.122. The van der Waals surface area contributed by atoms with Crippen LogP contribution in [0.3, 0.4) is 0 Å². The highest BCUT2D eigenvalue weighted by Gasteiger charge is 2.23. The van der Waals surface area contributed by atoms with Crippen LogP contribution in [0.4, 0.5) is 0 Å². The number of guanidine groups is 1. The third kappa shape index (κ3) is 8.96. The lowest BCUT2D eigenvalue weighted by Gasteiger charge is -2.34. The standard InChI is InChI=1S/C20H37N5O2.HI/c1-3-22-20(25-13-10-16(11-14-25)15-19(27)21-2)23-12-9-18(26)24-17-7-5-4-6-8-17;/h16-17H,3-15H2,1-2H3,(H,21,27)(H,22,23)(H,24,26);1H. The number of carbonyl (C=O) groups is 2. The van der Waals surface area contributed by atoms with Crippen LogP contribution in [0.2, 0.25) is 0 Å². The molecule has 1 heterocycles. The molecule has 0 unspecified atom stereocenters. The van der Waals surface area contributed by atoms with Crippen LogP contribution in [0.15, 0.2) is 4.99 Å². The number of nitrogens with one attached hydrogen (secondary N) is 3. The van der Waals surface area contributed by atoms with Crippen molar-refractivity contribution >= 4 is 41.8 Å². The third-order valence-electron chi connectivity index (χ3n) is 5.57. The van der Waals surface area contributed by atoms with Crippen LogP contribution in [0.5, 0.6) is 0 Å². The van der Waals surface area contributed by atoms with Gasteiger partial charge in [-0.1, -0.05) is 19.3 Å². The highest BCUT2D eigenvalue weighted by molar-refractivity contribution is 14.0. The first-order valence-corrected chi connectivity index (χ1v) is 10.7. The van der Waals surface area contributed by atoms with Crippen LogP contribution in [0.25, 0.3) is 0 Å². The van der Waals surface area contributed by atoms with Crippen LogP contribution in [-0.4, -0.2) is 61.9 Å². The number of piperidine rings is 1. The van der Waals surface area contributed by atoms with Gasteiger partial charge in [-0.25, -0.2) is 0 Å². The Kier molecular flexibility index (Phi) is 12.5. The molecule has 1 saturated heterocycles. The van der Waals surface area contributed by atoms with Crippen molar-refractivity contribution in [1.82, 2.24) is 20.9 Å². The molecule has 7 nitrogen and oxygen atoms in total. The molecule has 162 valence electrons. The molecule has 0 atom stereocenters. The van der Waals surface area contributed by atoms with Gasteiger partial charge in [0, 0.05) is 45.6 Å². The Hall–Kier alpha value is -1.06. The second-order valence-electron chi connectivity index (χ2n) is 7.70. The maximum Gasteiger partial charge on any atom is 0.222 e. The highest BCUT2D eigenvalue weighted by Crippen LogP contribution is 2.20. The molecule has 1 saturated carbocycles. The Labute approximate surface area is 186 Å². The van der Waals surface area contributed by atoms with Crippen LogP contribution in [-0.2, 0) is 9.59 Å². The van der Waals surface area contributed by atoms with E-state index >= 15 is 0 Å². The first-order valence-electron chi connectivity index (χ1n) is 10.7. The molecule has 3 N–H and O–H groups in total. The molecular formula is C20H38IN5O2. The van der Waals surface area contributed by atoms with Gasteiger partial charge in [0.1, 0.15) is 0 Å². The number of hydrogen-bond acceptors (Lipinski definition) is 3. The minimum absolute atomic E-state index is 0. The first-order chi connectivity index (χ1) is 13.1. The van der Waals surface area contributed by atoms with E-state index in [0.29, 0.717) is 31.3 Å². The fraction of sp³-hybridized carbons (Fsp3) is 0.850. The fourth-order valence-electron chi connectivity index (χ4n) is 3.95. The topological polar surface area (TPSA) is 85.8 Å². The average Bonchev–Trinajstić information content (AvgIpc) is 2.68. The summed E-state index contributed by atoms with van der Waals surface area (Å²) in [6, 6.07) is 0.364. The molecule has 0 aromatic heterocycles. The zero-order valence-electron chi connectivity index (χ0n) is 17.5. The number of hydrogen-bond donors (Lipinski definition) is 3. The van der Waals surface area contributed by atoms with E-state index in [0.717, 1.165) is 51.3 Å². The summed E-state index contributed by atoms with van der Waals surface area (Å²) in [6.45, 7) is 5.19. The van der Waals surface area contributed by atoms with Gasteiger partial charge in [-0.2, -0.15) is 0 Å². The van der Waals surface area contributed by atoms with Crippen molar-refractivity contribution in [1.29, 1.82) is 0 Å². The summed E-state index contributed by atoms with van der Waals surface area (Å²) in [5.41, 5.74) is 0. The van der Waals surface area contributed by atoms with Crippen molar-refractivity contribution in [3.8, 4) is 0 Å². The summed E-state index contributed by atoms with van der Waals surface area (Å²) < 4.78 is 0. The third-order valence-corrected chi connectivity index (χ3v) is 5.57. The summed E-state index contributed by atoms with van der Waals surface area (Å²) in [4.78, 5) is 30.6. The first kappa shape index (κ1) is 25.0. The van der Waals surface area contributed by atoms with Gasteiger partial charge in [0.15, 0.2) is 5.96 Å². The maximum absolute atomic E-state index is 12.1. The van der Waals surface area contributed by atoms with E-state index < -0.39 is 0 Å². The van der Waals surface area contributed by atoms with Gasteiger partial charge in [0.2, 0.25) is 11.8 Å². The van der Waals surface area contributed by atoms with Gasteiger partial charge >= 0.3 is 0 Å². The predicted molar refractivity (Wildman–Crippen MR) is 124 cm³/mol. The van der Waals surface area contributed by atoms with Crippen LogP contribution < -0.4 is 16.0 Å². The largest absolute Gasteiger partial charge is 0.359 e. The molecule has 0 bridgehead atoms. The van der Waals surface area contributed by atoms with E-state index in [2.05, 4.69) is 32.8 Å². The van der Waals surface area contributed by atoms with E-state index in [-0.39, 0.29) is 35.8 Å². The Morgan fingerprint density at radius 3 is 2.32 bits per heavy atom. The second-order valence-corrected chi connectivity index (χ2v) is 7.70. The van der Waals surface area contributed by atoms with Crippen LogP contribution in [0, 0.1) is 5.92 Å². The van der Waals surface area contributed by atoms with Crippen molar-refractivity contribution in [2.75, 3.05) is 33.2 Å². The number of amides is 2. The molecule has 2 rings (SSSR count). The van der Waals surface area contributed by atoms with Crippen molar-refractivity contribution < 1.29 is 9.59 Å². The smallest absolute Gasteiger partial charge is 0.222 e. The number of halogens is 1. The molecule has 2 aliphatic rings. The highest BCUT2D eigenvalue weighted by atomic mass is 127. The Bertz CT molecular complexity index is 501. The van der Waals surface area contributed by atoms with Gasteiger partial charge in [-0.05, 0) is 38.5 Å². The van der Waals surface area contributed by atoms with Gasteiger partial charge in [-0.3, -0.25) is 14.6 Å². The summed E-state index contributed by atoms with van der Waals surface area (Å²) in [5, 5.41) is 9.20. The van der Waals surface area contributed by atoms with Gasteiger partial charge in [0.05, 0.1) is 6.54 Å². The van der Waals surface area contributed by atoms with E-state index in [9.17, 15) is 9.59 Å². The molecule has 0 spiro atoms. The minimum atomic E-state index is 0. The molecule has 28 heavy (non-hydrogen) atoms. The zero-order chi connectivity index (χ0) is 19.5. The lowest BCUT2D eigenvalue weighted by atomic mass is 9.93. The number of carbonyl (C=O) groups excluding carboxylic acids is 2. The molecule has 2 fully saturated rings. The number of nitrogens with zero attached hydrogens (tertiary/aromatic N) is 2. The fourth-order valence-corrected chi connectivity index (χ4v) is 3.95. The van der Waals surface area contributed by atoms with E-state index in [1.807, 2.05) is 0 Å². The second kappa shape index (κ2) is 14.0. The Morgan fingerprint density at radius 2 is 1.71 bits per heavy atom. The predicted octanol–water partition coefficient (Wildman–Crippen LogP) is 2.26. The summed E-state index contributed by atoms with van der Waals surface area (Å²) in [5.74, 6) is 1.58. The molecular weight excluding hydrogens is 469 g/mol. The molecule has 2 amide bonds. The van der Waals surface area contributed by atoms with E-state index in [4.69, 9.17) is 0 Å². The Morgan fingerprint density at radius 1 is 1.04 bits per heavy atom. The summed E-state index contributed by atoms with van der Waals surface area (Å²) in [6.07, 6.45) is 9.03. The number of rotatable bonds is 7. The SMILES string of the molecule is CCNC(=NCCC(=O)NC1CCCCC1)N1CCC(CC(=O)NC)CC1.I. The maximum atomic E-state index is 12.1. The molecule has 8 heteroatoms. The lowest BCUT2D eigenvalue weighted by Crippen LogP contribution is -2.46. The summed E-state index contributed by atoms with van der Waals surface area (Å²) >= 11 is 0. The van der Waals surface area contributed by atoms with Crippen molar-refractivity contribution in [2.24, 2.45) is 10.9 Å². The van der Waals surface area contributed by atoms with Crippen molar-refractivity contribution in [2.45, 2.75) is 70.8 Å². The number of aliphatic imine (C=N–C) groups is 1. The Balaban J connectivity index is 0.00000392. The molecule has 0 radical (unpaired) electrons. The van der Waals surface area contributed by atoms with Crippen LogP contribution in [0.1, 0.15) is 64.7 Å². The summed E-state index contributed by atoms with van der Waals surface area (Å²) in [7, 11) is 1.69. The van der Waals surface area contributed by atoms with Gasteiger partial charge in [-0.15, -0.1) is 24.0 Å². The average molecular weight is 507 g/mol. The van der Waals surface area contributed by atoms with Gasteiger partial charge < -0.3 is 20.9 Å². The molecule has 1 aliphatic heterocycles. The zero-order valence-corrected chi connectivity index (χ0v) is 19.8. The minimum Gasteiger partial charge on any atom is -0.359 e. The normalized spacial score (nSPS) is 18.9. The van der Waals surface area contributed by atoms with E-state index in [1.54, 1.807) is 7.05 Å². The molecule has 0 aromatic carbocycles.